The zero-order valence-electron chi connectivity index (χ0n) is 4.89. The van der Waals surface area contributed by atoms with Crippen molar-refractivity contribution in [2.24, 2.45) is 0 Å². The molecule has 1 nitrogen and oxygen atoms in total. The molecule has 0 amide bonds. The molecular weight excluding hydrogens is 100 g/mol. The number of aliphatic hydroxyl groups excluding tert-OH is 1. The minimum absolute atomic E-state index is 0.399. The molecule has 1 aliphatic carbocycles. The van der Waals surface area contributed by atoms with Gasteiger partial charge < -0.3 is 5.11 Å². The van der Waals surface area contributed by atoms with Crippen LogP contribution in [0.4, 0.5) is 0 Å². The van der Waals surface area contributed by atoms with Crippen molar-refractivity contribution in [3.05, 3.63) is 29.9 Å². The lowest BCUT2D eigenvalue weighted by molar-refractivity contribution is 0.424. The minimum Gasteiger partial charge on any atom is -0.508 e. The summed E-state index contributed by atoms with van der Waals surface area (Å²) in [4.78, 5) is 0. The van der Waals surface area contributed by atoms with Crippen molar-refractivity contribution in [1.82, 2.24) is 0 Å². The Hall–Kier alpha value is -0.720. The molecule has 0 atom stereocenters. The molecule has 0 aliphatic heterocycles. The first-order valence-corrected chi connectivity index (χ1v) is 2.70. The van der Waals surface area contributed by atoms with Gasteiger partial charge in [0.1, 0.15) is 5.76 Å². The van der Waals surface area contributed by atoms with Crippen LogP contribution in [0.25, 0.3) is 0 Å². The fourth-order valence-electron chi connectivity index (χ4n) is 0.661. The molecule has 1 heteroatoms. The van der Waals surface area contributed by atoms with E-state index in [1.165, 1.54) is 0 Å². The molecule has 0 saturated carbocycles. The summed E-state index contributed by atoms with van der Waals surface area (Å²) in [5, 5.41) is 8.94. The molecule has 0 aromatic carbocycles. The second kappa shape index (κ2) is 2.03. The van der Waals surface area contributed by atoms with Gasteiger partial charge in [-0.25, -0.2) is 0 Å². The van der Waals surface area contributed by atoms with Crippen LogP contribution in [-0.4, -0.2) is 5.11 Å². The van der Waals surface area contributed by atoms with Crippen molar-refractivity contribution < 1.29 is 5.11 Å². The largest absolute Gasteiger partial charge is 0.508 e. The number of aliphatic hydroxyl groups is 1. The standard InChI is InChI=1S/C7H9O/c1-6-4-2-3-5-7(6)8/h3-5,8H,2H2,1H3. The minimum atomic E-state index is 0.399. The van der Waals surface area contributed by atoms with E-state index in [9.17, 15) is 0 Å². The van der Waals surface area contributed by atoms with Crippen LogP contribution in [-0.2, 0) is 0 Å². The fraction of sp³-hybridized carbons (Fsp3) is 0.286. The highest BCUT2D eigenvalue weighted by molar-refractivity contribution is 5.28. The molecule has 0 spiro atoms. The highest BCUT2D eigenvalue weighted by atomic mass is 16.3. The van der Waals surface area contributed by atoms with Crippen LogP contribution in [0.1, 0.15) is 13.3 Å². The lowest BCUT2D eigenvalue weighted by atomic mass is 10.1. The number of hydrogen-bond donors (Lipinski definition) is 1. The molecule has 1 rings (SSSR count). The molecule has 0 heterocycles. The first-order chi connectivity index (χ1) is 3.80. The molecular formula is C7H9O. The van der Waals surface area contributed by atoms with Gasteiger partial charge in [-0.15, -0.1) is 0 Å². The Labute approximate surface area is 49.3 Å². The summed E-state index contributed by atoms with van der Waals surface area (Å²) >= 11 is 0. The average molecular weight is 109 g/mol. The first kappa shape index (κ1) is 5.42. The van der Waals surface area contributed by atoms with E-state index in [0.29, 0.717) is 5.76 Å². The summed E-state index contributed by atoms with van der Waals surface area (Å²) in [6.45, 7) is 1.90. The Bertz CT molecular complexity index is 142. The molecule has 0 bridgehead atoms. The van der Waals surface area contributed by atoms with Crippen molar-refractivity contribution in [1.29, 1.82) is 0 Å². The van der Waals surface area contributed by atoms with Crippen LogP contribution in [0.3, 0.4) is 0 Å². The van der Waals surface area contributed by atoms with Gasteiger partial charge in [-0.05, 0) is 31.4 Å². The quantitative estimate of drug-likeness (QED) is 0.504. The van der Waals surface area contributed by atoms with Gasteiger partial charge in [-0.1, -0.05) is 6.08 Å². The van der Waals surface area contributed by atoms with E-state index < -0.39 is 0 Å². The van der Waals surface area contributed by atoms with Gasteiger partial charge in [0.15, 0.2) is 0 Å². The average Bonchev–Trinajstić information content (AvgIpc) is 1.77. The van der Waals surface area contributed by atoms with Gasteiger partial charge in [-0.2, -0.15) is 0 Å². The highest BCUT2D eigenvalue weighted by Gasteiger charge is 1.99. The third-order valence-electron chi connectivity index (χ3n) is 1.24. The van der Waals surface area contributed by atoms with E-state index in [0.717, 1.165) is 12.0 Å². The molecule has 0 aromatic heterocycles. The Morgan fingerprint density at radius 3 is 2.75 bits per heavy atom. The van der Waals surface area contributed by atoms with Crippen LogP contribution in [0.5, 0.6) is 0 Å². The number of allylic oxidation sites excluding steroid dienone is 3. The lowest BCUT2D eigenvalue weighted by Gasteiger charge is -2.04. The van der Waals surface area contributed by atoms with E-state index in [2.05, 4.69) is 0 Å². The number of rotatable bonds is 0. The molecule has 0 fully saturated rings. The Kier molecular flexibility index (Phi) is 1.38. The van der Waals surface area contributed by atoms with Gasteiger partial charge in [0, 0.05) is 0 Å². The van der Waals surface area contributed by atoms with E-state index in [4.69, 9.17) is 5.11 Å². The van der Waals surface area contributed by atoms with E-state index in [1.807, 2.05) is 19.4 Å². The zero-order chi connectivity index (χ0) is 5.98. The van der Waals surface area contributed by atoms with Gasteiger partial charge >= 0.3 is 0 Å². The van der Waals surface area contributed by atoms with Crippen LogP contribution in [0.15, 0.2) is 23.5 Å². The van der Waals surface area contributed by atoms with Crippen LogP contribution in [0.2, 0.25) is 0 Å². The Morgan fingerprint density at radius 2 is 2.38 bits per heavy atom. The van der Waals surface area contributed by atoms with Gasteiger partial charge in [0.05, 0.1) is 0 Å². The van der Waals surface area contributed by atoms with Crippen molar-refractivity contribution in [2.45, 2.75) is 13.3 Å². The van der Waals surface area contributed by atoms with Crippen molar-refractivity contribution in [2.75, 3.05) is 0 Å². The summed E-state index contributed by atoms with van der Waals surface area (Å²) in [6, 6.07) is 0. The fourth-order valence-corrected chi connectivity index (χ4v) is 0.661. The van der Waals surface area contributed by atoms with Crippen molar-refractivity contribution in [3.63, 3.8) is 0 Å². The molecule has 8 heavy (non-hydrogen) atoms. The van der Waals surface area contributed by atoms with Gasteiger partial charge in [0.25, 0.3) is 0 Å². The van der Waals surface area contributed by atoms with E-state index >= 15 is 0 Å². The van der Waals surface area contributed by atoms with Gasteiger partial charge in [-0.3, -0.25) is 0 Å². The molecule has 0 saturated heterocycles. The third-order valence-corrected chi connectivity index (χ3v) is 1.24. The summed E-state index contributed by atoms with van der Waals surface area (Å²) in [5.74, 6) is 0.399. The molecule has 1 aliphatic rings. The summed E-state index contributed by atoms with van der Waals surface area (Å²) < 4.78 is 0. The molecule has 0 aromatic rings. The predicted molar refractivity (Wildman–Crippen MR) is 33.4 cm³/mol. The smallest absolute Gasteiger partial charge is 0.114 e. The Morgan fingerprint density at radius 1 is 1.62 bits per heavy atom. The maximum absolute atomic E-state index is 8.94. The van der Waals surface area contributed by atoms with Crippen molar-refractivity contribution >= 4 is 0 Å². The Balaban J connectivity index is 2.76. The molecule has 1 radical (unpaired) electrons. The van der Waals surface area contributed by atoms with Crippen LogP contribution >= 0.6 is 0 Å². The monoisotopic (exact) mass is 109 g/mol. The first-order valence-electron chi connectivity index (χ1n) is 2.70. The van der Waals surface area contributed by atoms with Gasteiger partial charge in [0.2, 0.25) is 0 Å². The normalized spacial score (nSPS) is 19.6. The predicted octanol–water partition coefficient (Wildman–Crippen LogP) is 1.98. The summed E-state index contributed by atoms with van der Waals surface area (Å²) in [6.07, 6.45) is 6.61. The highest BCUT2D eigenvalue weighted by Crippen LogP contribution is 2.13. The molecule has 0 unspecified atom stereocenters. The van der Waals surface area contributed by atoms with Crippen molar-refractivity contribution in [3.8, 4) is 0 Å². The maximum atomic E-state index is 8.94. The second-order valence-electron chi connectivity index (χ2n) is 1.91. The lowest BCUT2D eigenvalue weighted by Crippen LogP contribution is -1.89. The van der Waals surface area contributed by atoms with Crippen LogP contribution in [0, 0.1) is 6.42 Å². The summed E-state index contributed by atoms with van der Waals surface area (Å²) in [5.41, 5.74) is 0.979. The van der Waals surface area contributed by atoms with E-state index in [-0.39, 0.29) is 0 Å². The SMILES string of the molecule is CC1=C(O)C=CC[CH]1. The second-order valence-corrected chi connectivity index (χ2v) is 1.91. The third kappa shape index (κ3) is 0.915. The summed E-state index contributed by atoms with van der Waals surface area (Å²) in [7, 11) is 0. The zero-order valence-corrected chi connectivity index (χ0v) is 4.89. The maximum Gasteiger partial charge on any atom is 0.114 e. The topological polar surface area (TPSA) is 20.2 Å². The van der Waals surface area contributed by atoms with Crippen LogP contribution < -0.4 is 0 Å². The van der Waals surface area contributed by atoms with E-state index in [1.54, 1.807) is 6.08 Å². The number of hydrogen-bond acceptors (Lipinski definition) is 1. The molecule has 43 valence electrons. The molecule has 1 N–H and O–H groups in total.